The van der Waals surface area contributed by atoms with E-state index in [9.17, 15) is 14.4 Å². The first kappa shape index (κ1) is 22.8. The molecule has 35 heavy (non-hydrogen) atoms. The van der Waals surface area contributed by atoms with Gasteiger partial charge in [-0.3, -0.25) is 19.0 Å². The summed E-state index contributed by atoms with van der Waals surface area (Å²) in [5.74, 6) is -0.475. The number of nitrogens with two attached hydrogens (primary N) is 1. The van der Waals surface area contributed by atoms with Crippen LogP contribution in [0.1, 0.15) is 53.1 Å². The second-order valence-corrected chi connectivity index (χ2v) is 9.50. The number of nitrogens with zero attached hydrogens (tertiary/aromatic N) is 2. The largest absolute Gasteiger partial charge is 0.368 e. The minimum Gasteiger partial charge on any atom is -0.368 e. The quantitative estimate of drug-likeness (QED) is 0.443. The molecule has 0 radical (unpaired) electrons. The SMILES string of the molecule is Cc1ccc(C(=O)NC2CC2)cc1-n1ccnc(NC(C(N)=O)C(c2ccccc2)C2CC2)c1=O. The van der Waals surface area contributed by atoms with Gasteiger partial charge in [-0.25, -0.2) is 4.98 Å². The first-order chi connectivity index (χ1) is 16.9. The first-order valence-corrected chi connectivity index (χ1v) is 12.0. The van der Waals surface area contributed by atoms with E-state index in [1.54, 1.807) is 18.3 Å². The smallest absolute Gasteiger partial charge is 0.297 e. The van der Waals surface area contributed by atoms with Gasteiger partial charge < -0.3 is 16.4 Å². The van der Waals surface area contributed by atoms with E-state index >= 15 is 0 Å². The van der Waals surface area contributed by atoms with Crippen molar-refractivity contribution in [1.29, 1.82) is 0 Å². The fraction of sp³-hybridized carbons (Fsp3) is 0.333. The van der Waals surface area contributed by atoms with E-state index in [4.69, 9.17) is 5.73 Å². The van der Waals surface area contributed by atoms with Crippen molar-refractivity contribution in [3.8, 4) is 5.69 Å². The van der Waals surface area contributed by atoms with Gasteiger partial charge in [-0.05, 0) is 61.8 Å². The molecule has 2 aliphatic carbocycles. The molecule has 2 saturated carbocycles. The zero-order valence-corrected chi connectivity index (χ0v) is 19.6. The van der Waals surface area contributed by atoms with Gasteiger partial charge in [0.05, 0.1) is 5.69 Å². The maximum absolute atomic E-state index is 13.5. The van der Waals surface area contributed by atoms with Crippen LogP contribution in [0.5, 0.6) is 0 Å². The van der Waals surface area contributed by atoms with E-state index in [1.165, 1.54) is 10.8 Å². The number of hydrogen-bond donors (Lipinski definition) is 3. The van der Waals surface area contributed by atoms with Crippen LogP contribution in [0.4, 0.5) is 5.82 Å². The topological polar surface area (TPSA) is 119 Å². The summed E-state index contributed by atoms with van der Waals surface area (Å²) in [6.07, 6.45) is 7.07. The number of aryl methyl sites for hydroxylation is 1. The number of nitrogens with one attached hydrogen (secondary N) is 2. The van der Waals surface area contributed by atoms with Gasteiger partial charge in [-0.2, -0.15) is 0 Å². The van der Waals surface area contributed by atoms with E-state index in [0.29, 0.717) is 17.2 Å². The average molecular weight is 472 g/mol. The summed E-state index contributed by atoms with van der Waals surface area (Å²) in [6.45, 7) is 1.88. The molecule has 0 saturated heterocycles. The Morgan fingerprint density at radius 1 is 1.09 bits per heavy atom. The molecule has 2 amide bonds. The molecule has 8 nitrogen and oxygen atoms in total. The fourth-order valence-electron chi connectivity index (χ4n) is 4.56. The van der Waals surface area contributed by atoms with Gasteiger partial charge in [0.1, 0.15) is 6.04 Å². The van der Waals surface area contributed by atoms with Crippen molar-refractivity contribution in [1.82, 2.24) is 14.9 Å². The molecule has 5 rings (SSSR count). The number of benzene rings is 2. The van der Waals surface area contributed by atoms with E-state index in [2.05, 4.69) is 15.6 Å². The molecule has 0 aliphatic heterocycles. The van der Waals surface area contributed by atoms with Crippen LogP contribution in [0.25, 0.3) is 5.69 Å². The Balaban J connectivity index is 1.47. The Labute approximate surface area is 203 Å². The van der Waals surface area contributed by atoms with Gasteiger partial charge in [0.2, 0.25) is 5.91 Å². The third-order valence-electron chi connectivity index (χ3n) is 6.76. The van der Waals surface area contributed by atoms with Crippen molar-refractivity contribution < 1.29 is 9.59 Å². The standard InChI is InChI=1S/C27H29N5O3/c1-16-7-8-19(26(34)30-20-11-12-20)15-21(16)32-14-13-29-25(27(32)35)31-23(24(28)33)22(18-9-10-18)17-5-3-2-4-6-17/h2-8,13-15,18,20,22-23H,9-12H2,1H3,(H2,28,33)(H,29,31)(H,30,34). The molecular formula is C27H29N5O3. The van der Waals surface area contributed by atoms with Crippen LogP contribution in [0.15, 0.2) is 65.7 Å². The molecule has 2 aliphatic rings. The summed E-state index contributed by atoms with van der Waals surface area (Å²) in [7, 11) is 0. The lowest BCUT2D eigenvalue weighted by Gasteiger charge is -2.26. The van der Waals surface area contributed by atoms with Crippen LogP contribution >= 0.6 is 0 Å². The highest BCUT2D eigenvalue weighted by atomic mass is 16.2. The second kappa shape index (κ2) is 9.37. The maximum Gasteiger partial charge on any atom is 0.297 e. The number of rotatable bonds is 9. The number of primary amides is 1. The molecule has 0 bridgehead atoms. The molecule has 2 aromatic carbocycles. The zero-order valence-electron chi connectivity index (χ0n) is 19.6. The summed E-state index contributed by atoms with van der Waals surface area (Å²) in [6, 6.07) is 14.5. The number of hydrogen-bond acceptors (Lipinski definition) is 5. The summed E-state index contributed by atoms with van der Waals surface area (Å²) in [4.78, 5) is 42.9. The number of carbonyl (C=O) groups is 2. The molecule has 4 N–H and O–H groups in total. The molecular weight excluding hydrogens is 442 g/mol. The van der Waals surface area contributed by atoms with Crippen LogP contribution in [-0.4, -0.2) is 33.4 Å². The highest BCUT2D eigenvalue weighted by Gasteiger charge is 2.40. The Hall–Kier alpha value is -3.94. The van der Waals surface area contributed by atoms with E-state index in [-0.39, 0.29) is 23.7 Å². The minimum absolute atomic E-state index is 0.0464. The van der Waals surface area contributed by atoms with Crippen molar-refractivity contribution in [2.24, 2.45) is 11.7 Å². The van der Waals surface area contributed by atoms with Gasteiger partial charge in [0.15, 0.2) is 5.82 Å². The van der Waals surface area contributed by atoms with Crippen LogP contribution in [0.3, 0.4) is 0 Å². The lowest BCUT2D eigenvalue weighted by Crippen LogP contribution is -2.43. The van der Waals surface area contributed by atoms with Crippen molar-refractivity contribution in [2.45, 2.75) is 50.6 Å². The number of amides is 2. The minimum atomic E-state index is -0.780. The molecule has 2 fully saturated rings. The van der Waals surface area contributed by atoms with Crippen molar-refractivity contribution in [3.63, 3.8) is 0 Å². The van der Waals surface area contributed by atoms with Crippen LogP contribution < -0.4 is 21.9 Å². The summed E-state index contributed by atoms with van der Waals surface area (Å²) < 4.78 is 1.45. The van der Waals surface area contributed by atoms with Crippen molar-refractivity contribution >= 4 is 17.6 Å². The Bertz CT molecular complexity index is 1310. The summed E-state index contributed by atoms with van der Waals surface area (Å²) >= 11 is 0. The normalized spacial score (nSPS) is 16.8. The molecule has 180 valence electrons. The molecule has 2 unspecified atom stereocenters. The summed E-state index contributed by atoms with van der Waals surface area (Å²) in [5, 5.41) is 6.04. The number of aromatic nitrogens is 2. The monoisotopic (exact) mass is 471 g/mol. The second-order valence-electron chi connectivity index (χ2n) is 9.50. The van der Waals surface area contributed by atoms with Gasteiger partial charge in [-0.15, -0.1) is 0 Å². The van der Waals surface area contributed by atoms with E-state index < -0.39 is 17.5 Å². The van der Waals surface area contributed by atoms with Gasteiger partial charge in [0.25, 0.3) is 11.5 Å². The first-order valence-electron chi connectivity index (χ1n) is 12.0. The van der Waals surface area contributed by atoms with Crippen LogP contribution in [0, 0.1) is 12.8 Å². The third-order valence-corrected chi connectivity index (χ3v) is 6.76. The third kappa shape index (κ3) is 4.96. The number of carbonyl (C=O) groups excluding carboxylic acids is 2. The highest BCUT2D eigenvalue weighted by molar-refractivity contribution is 5.95. The Morgan fingerprint density at radius 3 is 2.49 bits per heavy atom. The molecule has 3 aromatic rings. The molecule has 0 spiro atoms. The lowest BCUT2D eigenvalue weighted by molar-refractivity contribution is -0.119. The Kier molecular flexibility index (Phi) is 6.11. The van der Waals surface area contributed by atoms with Crippen molar-refractivity contribution in [3.05, 3.63) is 88.0 Å². The van der Waals surface area contributed by atoms with E-state index in [1.807, 2.05) is 43.3 Å². The van der Waals surface area contributed by atoms with Gasteiger partial charge >= 0.3 is 0 Å². The molecule has 8 heteroatoms. The lowest BCUT2D eigenvalue weighted by atomic mass is 9.86. The molecule has 1 heterocycles. The van der Waals surface area contributed by atoms with Gasteiger partial charge in [-0.1, -0.05) is 36.4 Å². The van der Waals surface area contributed by atoms with Gasteiger partial charge in [0, 0.05) is 29.9 Å². The van der Waals surface area contributed by atoms with Crippen molar-refractivity contribution in [2.75, 3.05) is 5.32 Å². The zero-order chi connectivity index (χ0) is 24.5. The summed E-state index contributed by atoms with van der Waals surface area (Å²) in [5.41, 5.74) is 8.33. The highest BCUT2D eigenvalue weighted by Crippen LogP contribution is 2.45. The predicted molar refractivity (Wildman–Crippen MR) is 134 cm³/mol. The average Bonchev–Trinajstić information content (AvgIpc) is 3.77. The Morgan fingerprint density at radius 2 is 1.83 bits per heavy atom. The molecule has 1 aromatic heterocycles. The number of anilines is 1. The predicted octanol–water partition coefficient (Wildman–Crippen LogP) is 2.89. The maximum atomic E-state index is 13.5. The fourth-order valence-corrected chi connectivity index (χ4v) is 4.56. The molecule has 2 atom stereocenters. The van der Waals surface area contributed by atoms with E-state index in [0.717, 1.165) is 36.8 Å². The van der Waals surface area contributed by atoms with Crippen LogP contribution in [-0.2, 0) is 4.79 Å². The van der Waals surface area contributed by atoms with Crippen LogP contribution in [0.2, 0.25) is 0 Å².